The molecule has 0 aliphatic carbocycles. The maximum atomic E-state index is 12.0. The van der Waals surface area contributed by atoms with Crippen LogP contribution in [-0.2, 0) is 6.54 Å². The number of fused-ring (bicyclic) bond motifs is 1. The number of hydrogen-bond acceptors (Lipinski definition) is 3. The van der Waals surface area contributed by atoms with Gasteiger partial charge in [-0.25, -0.2) is 4.68 Å². The minimum absolute atomic E-state index is 0.168. The molecular weight excluding hydrogens is 272 g/mol. The summed E-state index contributed by atoms with van der Waals surface area (Å²) in [5.74, 6) is 0. The molecule has 4 nitrogen and oxygen atoms in total. The van der Waals surface area contributed by atoms with Gasteiger partial charge in [-0.3, -0.25) is 4.79 Å². The fraction of sp³-hybridized carbons (Fsp3) is 0.273. The highest BCUT2D eigenvalue weighted by Gasteiger charge is 2.07. The average molecular weight is 283 g/mol. The summed E-state index contributed by atoms with van der Waals surface area (Å²) < 4.78 is 1.29. The first-order valence-corrected chi connectivity index (χ1v) is 6.03. The Balaban J connectivity index is 2.49. The van der Waals surface area contributed by atoms with E-state index in [1.54, 1.807) is 12.3 Å². The summed E-state index contributed by atoms with van der Waals surface area (Å²) in [7, 11) is 0. The van der Waals surface area contributed by atoms with E-state index >= 15 is 0 Å². The Hall–Kier alpha value is -1.20. The Labute approximate surface area is 101 Å². The number of alkyl halides is 1. The van der Waals surface area contributed by atoms with Gasteiger partial charge in [-0.15, -0.1) is 0 Å². The largest absolute Gasteiger partial charge is 0.390 e. The van der Waals surface area contributed by atoms with Crippen molar-refractivity contribution in [3.63, 3.8) is 0 Å². The van der Waals surface area contributed by atoms with Gasteiger partial charge in [-0.05, 0) is 6.07 Å². The number of nitrogens with zero attached hydrogens (tertiary/aromatic N) is 2. The van der Waals surface area contributed by atoms with Gasteiger partial charge in [0.25, 0.3) is 5.56 Å². The maximum absolute atomic E-state index is 12.0. The van der Waals surface area contributed by atoms with Crippen LogP contribution in [-0.4, -0.2) is 26.3 Å². The first-order chi connectivity index (χ1) is 7.72. The van der Waals surface area contributed by atoms with E-state index in [1.807, 2.05) is 18.2 Å². The zero-order valence-electron chi connectivity index (χ0n) is 8.51. The molecule has 1 atom stereocenters. The van der Waals surface area contributed by atoms with Crippen LogP contribution in [0, 0.1) is 0 Å². The van der Waals surface area contributed by atoms with Gasteiger partial charge in [0.1, 0.15) is 0 Å². The molecule has 0 aliphatic rings. The standard InChI is InChI=1S/C11H11BrN2O2/c12-5-9(15)7-14-11(16)10-4-2-1-3-8(10)6-13-14/h1-4,6,9,15H,5,7H2. The highest BCUT2D eigenvalue weighted by atomic mass is 79.9. The molecule has 0 radical (unpaired) electrons. The second-order valence-electron chi connectivity index (χ2n) is 3.53. The van der Waals surface area contributed by atoms with Crippen LogP contribution in [0.4, 0.5) is 0 Å². The van der Waals surface area contributed by atoms with Gasteiger partial charge in [0.15, 0.2) is 0 Å². The molecule has 2 aromatic rings. The Bertz CT molecular complexity index is 553. The number of aliphatic hydroxyl groups excluding tert-OH is 1. The molecule has 1 aromatic heterocycles. The van der Waals surface area contributed by atoms with Crippen LogP contribution in [0.1, 0.15) is 0 Å². The Morgan fingerprint density at radius 1 is 1.44 bits per heavy atom. The number of aromatic nitrogens is 2. The Kier molecular flexibility index (Phi) is 3.36. The van der Waals surface area contributed by atoms with Crippen LogP contribution in [0.15, 0.2) is 35.3 Å². The molecule has 1 heterocycles. The molecule has 84 valence electrons. The smallest absolute Gasteiger partial charge is 0.274 e. The highest BCUT2D eigenvalue weighted by Crippen LogP contribution is 2.06. The van der Waals surface area contributed by atoms with Crippen molar-refractivity contribution in [2.24, 2.45) is 0 Å². The van der Waals surface area contributed by atoms with Gasteiger partial charge in [0.2, 0.25) is 0 Å². The third-order valence-corrected chi connectivity index (χ3v) is 3.07. The number of aliphatic hydroxyl groups is 1. The summed E-state index contributed by atoms with van der Waals surface area (Å²) in [5, 5.41) is 15.3. The lowest BCUT2D eigenvalue weighted by molar-refractivity contribution is 0.172. The molecule has 5 heteroatoms. The molecule has 2 rings (SSSR count). The summed E-state index contributed by atoms with van der Waals surface area (Å²) >= 11 is 3.15. The van der Waals surface area contributed by atoms with Crippen molar-refractivity contribution in [1.29, 1.82) is 0 Å². The first kappa shape index (κ1) is 11.3. The van der Waals surface area contributed by atoms with Crippen molar-refractivity contribution >= 4 is 26.7 Å². The van der Waals surface area contributed by atoms with E-state index in [0.29, 0.717) is 10.7 Å². The van der Waals surface area contributed by atoms with Crippen LogP contribution in [0.5, 0.6) is 0 Å². The maximum Gasteiger partial charge on any atom is 0.274 e. The fourth-order valence-electron chi connectivity index (χ4n) is 1.51. The SMILES string of the molecule is O=c1c2ccccc2cnn1CC(O)CBr. The fourth-order valence-corrected chi connectivity index (χ4v) is 1.71. The molecule has 0 fully saturated rings. The van der Waals surface area contributed by atoms with E-state index in [2.05, 4.69) is 21.0 Å². The van der Waals surface area contributed by atoms with Crippen LogP contribution in [0.2, 0.25) is 0 Å². The van der Waals surface area contributed by atoms with Crippen molar-refractivity contribution < 1.29 is 5.11 Å². The summed E-state index contributed by atoms with van der Waals surface area (Å²) in [4.78, 5) is 12.0. The van der Waals surface area contributed by atoms with E-state index in [1.165, 1.54) is 4.68 Å². The lowest BCUT2D eigenvalue weighted by Crippen LogP contribution is -2.29. The predicted octanol–water partition coefficient (Wildman–Crippen LogP) is 1.15. The zero-order valence-corrected chi connectivity index (χ0v) is 10.1. The third-order valence-electron chi connectivity index (χ3n) is 2.32. The molecule has 1 N–H and O–H groups in total. The topological polar surface area (TPSA) is 55.1 Å². The molecule has 0 saturated carbocycles. The van der Waals surface area contributed by atoms with Crippen molar-refractivity contribution in [2.45, 2.75) is 12.6 Å². The van der Waals surface area contributed by atoms with Gasteiger partial charge in [-0.2, -0.15) is 5.10 Å². The van der Waals surface area contributed by atoms with Gasteiger partial charge >= 0.3 is 0 Å². The minimum Gasteiger partial charge on any atom is -0.390 e. The van der Waals surface area contributed by atoms with Crippen molar-refractivity contribution in [3.8, 4) is 0 Å². The first-order valence-electron chi connectivity index (χ1n) is 4.91. The van der Waals surface area contributed by atoms with Crippen LogP contribution >= 0.6 is 15.9 Å². The summed E-state index contributed by atoms with van der Waals surface area (Å²) in [5.41, 5.74) is -0.168. The van der Waals surface area contributed by atoms with E-state index < -0.39 is 6.10 Å². The minimum atomic E-state index is -0.605. The third kappa shape index (κ3) is 2.15. The average Bonchev–Trinajstić information content (AvgIpc) is 2.33. The number of halogens is 1. The second kappa shape index (κ2) is 4.76. The highest BCUT2D eigenvalue weighted by molar-refractivity contribution is 9.09. The molecule has 1 aromatic carbocycles. The van der Waals surface area contributed by atoms with Crippen LogP contribution in [0.3, 0.4) is 0 Å². The van der Waals surface area contributed by atoms with Crippen molar-refractivity contribution in [1.82, 2.24) is 9.78 Å². The zero-order chi connectivity index (χ0) is 11.5. The molecule has 1 unspecified atom stereocenters. The molecule has 0 amide bonds. The number of rotatable bonds is 3. The van der Waals surface area contributed by atoms with E-state index in [0.717, 1.165) is 5.39 Å². The molecule has 16 heavy (non-hydrogen) atoms. The van der Waals surface area contributed by atoms with Crippen LogP contribution < -0.4 is 5.56 Å². The molecule has 0 saturated heterocycles. The van der Waals surface area contributed by atoms with E-state index in [-0.39, 0.29) is 12.1 Å². The van der Waals surface area contributed by atoms with E-state index in [9.17, 15) is 9.90 Å². The lowest BCUT2D eigenvalue weighted by atomic mass is 10.2. The monoisotopic (exact) mass is 282 g/mol. The Morgan fingerprint density at radius 3 is 2.94 bits per heavy atom. The Morgan fingerprint density at radius 2 is 2.19 bits per heavy atom. The number of benzene rings is 1. The summed E-state index contributed by atoms with van der Waals surface area (Å²) in [6.07, 6.45) is 1.03. The molecule has 0 spiro atoms. The van der Waals surface area contributed by atoms with Crippen molar-refractivity contribution in [2.75, 3.05) is 5.33 Å². The molecular formula is C11H11BrN2O2. The van der Waals surface area contributed by atoms with E-state index in [4.69, 9.17) is 0 Å². The number of hydrogen-bond donors (Lipinski definition) is 1. The second-order valence-corrected chi connectivity index (χ2v) is 4.17. The van der Waals surface area contributed by atoms with Crippen LogP contribution in [0.25, 0.3) is 10.8 Å². The molecule has 0 bridgehead atoms. The van der Waals surface area contributed by atoms with Crippen molar-refractivity contribution in [3.05, 3.63) is 40.8 Å². The lowest BCUT2D eigenvalue weighted by Gasteiger charge is -2.09. The quantitative estimate of drug-likeness (QED) is 0.860. The summed E-state index contributed by atoms with van der Waals surface area (Å²) in [6.45, 7) is 0.203. The normalized spacial score (nSPS) is 12.9. The van der Waals surface area contributed by atoms with Gasteiger partial charge in [0, 0.05) is 10.7 Å². The van der Waals surface area contributed by atoms with Gasteiger partial charge < -0.3 is 5.11 Å². The van der Waals surface area contributed by atoms with Gasteiger partial charge in [-0.1, -0.05) is 34.1 Å². The predicted molar refractivity (Wildman–Crippen MR) is 65.8 cm³/mol. The van der Waals surface area contributed by atoms with Gasteiger partial charge in [0.05, 0.1) is 24.2 Å². The summed E-state index contributed by atoms with van der Waals surface area (Å²) in [6, 6.07) is 7.28. The molecule has 0 aliphatic heterocycles.